The van der Waals surface area contributed by atoms with Gasteiger partial charge in [-0.3, -0.25) is 4.79 Å². The van der Waals surface area contributed by atoms with Gasteiger partial charge in [0.25, 0.3) is 5.91 Å². The van der Waals surface area contributed by atoms with E-state index >= 15 is 0 Å². The number of nitrogens with zero attached hydrogens (tertiary/aromatic N) is 1. The lowest BCUT2D eigenvalue weighted by Crippen LogP contribution is -2.29. The maximum absolute atomic E-state index is 12.0. The van der Waals surface area contributed by atoms with Crippen LogP contribution in [-0.2, 0) is 0 Å². The number of hydrogen-bond acceptors (Lipinski definition) is 2. The fourth-order valence-electron chi connectivity index (χ4n) is 1.35. The van der Waals surface area contributed by atoms with Gasteiger partial charge in [-0.15, -0.1) is 0 Å². The number of aliphatic hydroxyl groups is 1. The van der Waals surface area contributed by atoms with Crippen LogP contribution in [0.4, 0.5) is 0 Å². The smallest absolute Gasteiger partial charge is 0.255 e. The Hall–Kier alpha value is -0.770. The van der Waals surface area contributed by atoms with Gasteiger partial charge in [0.2, 0.25) is 0 Å². The highest BCUT2D eigenvalue weighted by molar-refractivity contribution is 6.36. The number of rotatable bonds is 4. The maximum atomic E-state index is 12.0. The van der Waals surface area contributed by atoms with Crippen LogP contribution < -0.4 is 0 Å². The molecule has 0 aliphatic heterocycles. The van der Waals surface area contributed by atoms with Crippen molar-refractivity contribution in [2.75, 3.05) is 13.6 Å². The fourth-order valence-corrected chi connectivity index (χ4v) is 1.84. The standard InChI is InChI=1S/C12H15Cl2NO2/c1-8(16)5-6-15(2)12(17)10-4-3-9(13)7-11(10)14/h3-4,7-8,16H,5-6H2,1-2H3. The van der Waals surface area contributed by atoms with E-state index in [2.05, 4.69) is 0 Å². The van der Waals surface area contributed by atoms with Crippen LogP contribution in [0.1, 0.15) is 23.7 Å². The third-order valence-electron chi connectivity index (χ3n) is 2.39. The van der Waals surface area contributed by atoms with E-state index in [1.54, 1.807) is 32.2 Å². The van der Waals surface area contributed by atoms with E-state index in [-0.39, 0.29) is 5.91 Å². The van der Waals surface area contributed by atoms with Crippen molar-refractivity contribution in [3.63, 3.8) is 0 Å². The monoisotopic (exact) mass is 275 g/mol. The molecular weight excluding hydrogens is 261 g/mol. The number of carbonyl (C=O) groups excluding carboxylic acids is 1. The molecule has 1 amide bonds. The van der Waals surface area contributed by atoms with E-state index in [9.17, 15) is 4.79 Å². The SMILES string of the molecule is CC(O)CCN(C)C(=O)c1ccc(Cl)cc1Cl. The molecule has 1 aromatic rings. The lowest BCUT2D eigenvalue weighted by atomic mass is 10.2. The molecule has 0 bridgehead atoms. The summed E-state index contributed by atoms with van der Waals surface area (Å²) in [6.45, 7) is 2.17. The number of benzene rings is 1. The minimum absolute atomic E-state index is 0.174. The average Bonchev–Trinajstić information content (AvgIpc) is 2.25. The molecule has 0 aliphatic carbocycles. The Morgan fingerprint density at radius 3 is 2.65 bits per heavy atom. The van der Waals surface area contributed by atoms with Crippen molar-refractivity contribution in [1.82, 2.24) is 4.90 Å². The summed E-state index contributed by atoms with van der Waals surface area (Å²) in [5, 5.41) is 10.0. The van der Waals surface area contributed by atoms with Gasteiger partial charge in [0.05, 0.1) is 16.7 Å². The van der Waals surface area contributed by atoms with Gasteiger partial charge < -0.3 is 10.0 Å². The second kappa shape index (κ2) is 6.24. The predicted molar refractivity (Wildman–Crippen MR) is 69.7 cm³/mol. The first-order chi connectivity index (χ1) is 7.91. The van der Waals surface area contributed by atoms with Gasteiger partial charge in [-0.2, -0.15) is 0 Å². The Morgan fingerprint density at radius 2 is 2.12 bits per heavy atom. The molecule has 0 aliphatic rings. The van der Waals surface area contributed by atoms with Crippen LogP contribution in [0, 0.1) is 0 Å². The Kier molecular flexibility index (Phi) is 5.25. The van der Waals surface area contributed by atoms with Crippen molar-refractivity contribution < 1.29 is 9.90 Å². The molecular formula is C12H15Cl2NO2. The molecule has 5 heteroatoms. The molecule has 1 N–H and O–H groups in total. The van der Waals surface area contributed by atoms with Crippen molar-refractivity contribution >= 4 is 29.1 Å². The second-order valence-corrected chi connectivity index (χ2v) is 4.83. The van der Waals surface area contributed by atoms with E-state index in [1.807, 2.05) is 0 Å². The first kappa shape index (κ1) is 14.3. The third kappa shape index (κ3) is 4.19. The molecule has 1 unspecified atom stereocenters. The van der Waals surface area contributed by atoms with Crippen molar-refractivity contribution in [3.05, 3.63) is 33.8 Å². The highest BCUT2D eigenvalue weighted by Gasteiger charge is 2.15. The van der Waals surface area contributed by atoms with Crippen LogP contribution >= 0.6 is 23.2 Å². The van der Waals surface area contributed by atoms with Crippen LogP contribution in [-0.4, -0.2) is 35.6 Å². The second-order valence-electron chi connectivity index (χ2n) is 3.99. The molecule has 0 saturated heterocycles. The van der Waals surface area contributed by atoms with Crippen molar-refractivity contribution in [2.24, 2.45) is 0 Å². The Labute approximate surface area is 111 Å². The number of amides is 1. The summed E-state index contributed by atoms with van der Waals surface area (Å²) < 4.78 is 0. The Balaban J connectivity index is 2.75. The number of aliphatic hydroxyl groups excluding tert-OH is 1. The molecule has 94 valence electrons. The predicted octanol–water partition coefficient (Wildman–Crippen LogP) is 2.84. The summed E-state index contributed by atoms with van der Waals surface area (Å²) in [7, 11) is 1.68. The van der Waals surface area contributed by atoms with Gasteiger partial charge >= 0.3 is 0 Å². The van der Waals surface area contributed by atoms with Crippen LogP contribution in [0.3, 0.4) is 0 Å². The summed E-state index contributed by atoms with van der Waals surface area (Å²) in [4.78, 5) is 13.5. The quantitative estimate of drug-likeness (QED) is 0.918. The fraction of sp³-hybridized carbons (Fsp3) is 0.417. The van der Waals surface area contributed by atoms with Crippen LogP contribution in [0.5, 0.6) is 0 Å². The van der Waals surface area contributed by atoms with Crippen molar-refractivity contribution in [1.29, 1.82) is 0 Å². The highest BCUT2D eigenvalue weighted by atomic mass is 35.5. The number of halogens is 2. The molecule has 3 nitrogen and oxygen atoms in total. The normalized spacial score (nSPS) is 12.3. The topological polar surface area (TPSA) is 40.5 Å². The Bertz CT molecular complexity index is 407. The molecule has 1 rings (SSSR count). The molecule has 1 aromatic carbocycles. The van der Waals surface area contributed by atoms with Gasteiger partial charge in [-0.05, 0) is 31.5 Å². The summed E-state index contributed by atoms with van der Waals surface area (Å²) in [5.74, 6) is -0.174. The van der Waals surface area contributed by atoms with Gasteiger partial charge in [-0.25, -0.2) is 0 Å². The van der Waals surface area contributed by atoms with Crippen LogP contribution in [0.25, 0.3) is 0 Å². The lowest BCUT2D eigenvalue weighted by molar-refractivity contribution is 0.0769. The van der Waals surface area contributed by atoms with E-state index < -0.39 is 6.10 Å². The summed E-state index contributed by atoms with van der Waals surface area (Å²) in [5.41, 5.74) is 0.421. The van der Waals surface area contributed by atoms with E-state index in [4.69, 9.17) is 28.3 Å². The maximum Gasteiger partial charge on any atom is 0.255 e. The summed E-state index contributed by atoms with van der Waals surface area (Å²) in [6.07, 6.45) is 0.110. The molecule has 0 spiro atoms. The van der Waals surface area contributed by atoms with Gasteiger partial charge in [-0.1, -0.05) is 23.2 Å². The first-order valence-electron chi connectivity index (χ1n) is 5.30. The average molecular weight is 276 g/mol. The minimum atomic E-state index is -0.425. The minimum Gasteiger partial charge on any atom is -0.393 e. The highest BCUT2D eigenvalue weighted by Crippen LogP contribution is 2.22. The summed E-state index contributed by atoms with van der Waals surface area (Å²) in [6, 6.07) is 4.77. The molecule has 0 fully saturated rings. The largest absolute Gasteiger partial charge is 0.393 e. The molecule has 0 saturated carbocycles. The van der Waals surface area contributed by atoms with E-state index in [0.29, 0.717) is 28.6 Å². The third-order valence-corrected chi connectivity index (χ3v) is 2.94. The zero-order chi connectivity index (χ0) is 13.0. The van der Waals surface area contributed by atoms with Crippen molar-refractivity contribution in [2.45, 2.75) is 19.4 Å². The lowest BCUT2D eigenvalue weighted by Gasteiger charge is -2.18. The van der Waals surface area contributed by atoms with E-state index in [1.165, 1.54) is 4.90 Å². The molecule has 0 radical (unpaired) electrons. The van der Waals surface area contributed by atoms with Gasteiger partial charge in [0, 0.05) is 18.6 Å². The molecule has 17 heavy (non-hydrogen) atoms. The zero-order valence-electron chi connectivity index (χ0n) is 9.78. The first-order valence-corrected chi connectivity index (χ1v) is 6.06. The summed E-state index contributed by atoms with van der Waals surface area (Å²) >= 11 is 11.7. The Morgan fingerprint density at radius 1 is 1.47 bits per heavy atom. The van der Waals surface area contributed by atoms with Gasteiger partial charge in [0.15, 0.2) is 0 Å². The zero-order valence-corrected chi connectivity index (χ0v) is 11.3. The van der Waals surface area contributed by atoms with Gasteiger partial charge in [0.1, 0.15) is 0 Å². The number of hydrogen-bond donors (Lipinski definition) is 1. The molecule has 0 heterocycles. The molecule has 0 aromatic heterocycles. The molecule has 1 atom stereocenters. The van der Waals surface area contributed by atoms with Crippen molar-refractivity contribution in [3.8, 4) is 0 Å². The van der Waals surface area contributed by atoms with E-state index in [0.717, 1.165) is 0 Å². The van der Waals surface area contributed by atoms with Crippen LogP contribution in [0.2, 0.25) is 10.0 Å². The number of carbonyl (C=O) groups is 1. The van der Waals surface area contributed by atoms with Crippen LogP contribution in [0.15, 0.2) is 18.2 Å².